The van der Waals surface area contributed by atoms with Gasteiger partial charge in [-0.25, -0.2) is 4.79 Å². The molecule has 0 bridgehead atoms. The Morgan fingerprint density at radius 3 is 2.35 bits per heavy atom. The highest BCUT2D eigenvalue weighted by atomic mass is 19.3. The second-order valence-corrected chi connectivity index (χ2v) is 4.30. The van der Waals surface area contributed by atoms with Crippen molar-refractivity contribution in [3.8, 4) is 0 Å². The fraction of sp³-hybridized carbons (Fsp3) is 0.462. The summed E-state index contributed by atoms with van der Waals surface area (Å²) >= 11 is 0. The molecule has 1 aromatic rings. The Kier molecular flexibility index (Phi) is 3.86. The molecule has 0 radical (unpaired) electrons. The molecule has 94 valence electrons. The van der Waals surface area contributed by atoms with E-state index in [1.165, 1.54) is 0 Å². The van der Waals surface area contributed by atoms with Crippen molar-refractivity contribution in [1.29, 1.82) is 0 Å². The molecule has 17 heavy (non-hydrogen) atoms. The topological polar surface area (TPSA) is 37.3 Å². The first-order valence-corrected chi connectivity index (χ1v) is 5.42. The monoisotopic (exact) mass is 242 g/mol. The summed E-state index contributed by atoms with van der Waals surface area (Å²) in [7, 11) is 0. The number of alkyl halides is 2. The molecular weight excluding hydrogens is 226 g/mol. The van der Waals surface area contributed by atoms with Gasteiger partial charge in [0.15, 0.2) is 0 Å². The van der Waals surface area contributed by atoms with Crippen molar-refractivity contribution < 1.29 is 18.7 Å². The van der Waals surface area contributed by atoms with Crippen LogP contribution in [0.2, 0.25) is 0 Å². The number of carboxylic acids is 1. The van der Waals surface area contributed by atoms with Crippen LogP contribution in [0.5, 0.6) is 0 Å². The second kappa shape index (κ2) is 4.82. The Morgan fingerprint density at radius 2 is 1.82 bits per heavy atom. The van der Waals surface area contributed by atoms with E-state index in [0.29, 0.717) is 0 Å². The Balaban J connectivity index is 2.84. The summed E-state index contributed by atoms with van der Waals surface area (Å²) < 4.78 is 25.9. The molecule has 1 aromatic carbocycles. The number of carboxylic acid groups (broad SMARTS) is 1. The third-order valence-corrected chi connectivity index (χ3v) is 3.19. The van der Waals surface area contributed by atoms with Gasteiger partial charge < -0.3 is 5.11 Å². The molecule has 2 nitrogen and oxygen atoms in total. The van der Waals surface area contributed by atoms with Crippen LogP contribution in [-0.2, 0) is 11.2 Å². The van der Waals surface area contributed by atoms with Gasteiger partial charge in [-0.3, -0.25) is 0 Å². The van der Waals surface area contributed by atoms with Gasteiger partial charge in [-0.1, -0.05) is 12.1 Å². The zero-order valence-corrected chi connectivity index (χ0v) is 10.2. The first-order valence-electron chi connectivity index (χ1n) is 5.42. The van der Waals surface area contributed by atoms with Crippen LogP contribution in [0.3, 0.4) is 0 Å². The van der Waals surface area contributed by atoms with Gasteiger partial charge in [-0.15, -0.1) is 0 Å². The number of hydrogen-bond acceptors (Lipinski definition) is 1. The van der Waals surface area contributed by atoms with Crippen molar-refractivity contribution in [2.75, 3.05) is 0 Å². The Hall–Kier alpha value is -1.45. The number of aryl methyl sites for hydroxylation is 2. The summed E-state index contributed by atoms with van der Waals surface area (Å²) in [6.45, 7) is 5.76. The van der Waals surface area contributed by atoms with Crippen LogP contribution in [-0.4, -0.2) is 17.0 Å². The van der Waals surface area contributed by atoms with Gasteiger partial charge in [-0.05, 0) is 49.4 Å². The minimum atomic E-state index is -3.65. The van der Waals surface area contributed by atoms with E-state index in [1.807, 2.05) is 26.8 Å². The highest BCUT2D eigenvalue weighted by Gasteiger charge is 2.38. The number of hydrogen-bond donors (Lipinski definition) is 1. The van der Waals surface area contributed by atoms with Gasteiger partial charge >= 0.3 is 11.9 Å². The first-order chi connectivity index (χ1) is 7.75. The summed E-state index contributed by atoms with van der Waals surface area (Å²) in [6.07, 6.45) is -0.585. The minimum absolute atomic E-state index is 0.0756. The maximum atomic E-state index is 12.9. The Bertz CT molecular complexity index is 439. The number of benzene rings is 1. The SMILES string of the molecule is Cc1ccc(CCC(F)(F)C(=O)O)c(C)c1C. The fourth-order valence-corrected chi connectivity index (χ4v) is 1.68. The van der Waals surface area contributed by atoms with Crippen molar-refractivity contribution in [3.63, 3.8) is 0 Å². The highest BCUT2D eigenvalue weighted by molar-refractivity contribution is 5.75. The molecule has 0 saturated carbocycles. The van der Waals surface area contributed by atoms with Crippen molar-refractivity contribution in [1.82, 2.24) is 0 Å². The molecule has 1 N–H and O–H groups in total. The van der Waals surface area contributed by atoms with Gasteiger partial charge in [0.25, 0.3) is 0 Å². The molecule has 0 spiro atoms. The lowest BCUT2D eigenvalue weighted by Crippen LogP contribution is -2.28. The molecular formula is C13H16F2O2. The van der Waals surface area contributed by atoms with Crippen LogP contribution in [0, 0.1) is 20.8 Å². The zero-order chi connectivity index (χ0) is 13.2. The van der Waals surface area contributed by atoms with Crippen molar-refractivity contribution in [2.45, 2.75) is 39.5 Å². The summed E-state index contributed by atoms with van der Waals surface area (Å²) in [5.74, 6) is -5.70. The quantitative estimate of drug-likeness (QED) is 0.879. The van der Waals surface area contributed by atoms with E-state index in [1.54, 1.807) is 6.07 Å². The van der Waals surface area contributed by atoms with E-state index in [0.717, 1.165) is 22.3 Å². The number of rotatable bonds is 4. The number of carbonyl (C=O) groups is 1. The van der Waals surface area contributed by atoms with E-state index in [9.17, 15) is 13.6 Å². The van der Waals surface area contributed by atoms with Crippen LogP contribution in [0.1, 0.15) is 28.7 Å². The fourth-order valence-electron chi connectivity index (χ4n) is 1.68. The lowest BCUT2D eigenvalue weighted by Gasteiger charge is -2.14. The normalized spacial score (nSPS) is 11.6. The predicted molar refractivity (Wildman–Crippen MR) is 61.6 cm³/mol. The molecule has 0 unspecified atom stereocenters. The smallest absolute Gasteiger partial charge is 0.374 e. The molecule has 0 heterocycles. The molecule has 0 aliphatic heterocycles. The van der Waals surface area contributed by atoms with Gasteiger partial charge in [0.05, 0.1) is 0 Å². The third kappa shape index (κ3) is 3.02. The Labute approximate surface area is 99.3 Å². The summed E-state index contributed by atoms with van der Waals surface area (Å²) in [6, 6.07) is 3.66. The zero-order valence-electron chi connectivity index (χ0n) is 10.2. The largest absolute Gasteiger partial charge is 0.477 e. The number of halogens is 2. The maximum Gasteiger partial charge on any atom is 0.374 e. The molecule has 0 saturated heterocycles. The van der Waals surface area contributed by atoms with E-state index in [2.05, 4.69) is 0 Å². The van der Waals surface area contributed by atoms with Crippen LogP contribution >= 0.6 is 0 Å². The van der Waals surface area contributed by atoms with E-state index < -0.39 is 18.3 Å². The molecule has 0 aliphatic carbocycles. The molecule has 4 heteroatoms. The molecule has 1 rings (SSSR count). The first kappa shape index (κ1) is 13.6. The molecule has 0 amide bonds. The molecule has 0 aromatic heterocycles. The van der Waals surface area contributed by atoms with Crippen LogP contribution in [0.4, 0.5) is 8.78 Å². The maximum absolute atomic E-state index is 12.9. The third-order valence-electron chi connectivity index (χ3n) is 3.19. The minimum Gasteiger partial charge on any atom is -0.477 e. The van der Waals surface area contributed by atoms with Crippen LogP contribution in [0.25, 0.3) is 0 Å². The summed E-state index contributed by atoms with van der Waals surface area (Å²) in [4.78, 5) is 10.3. The standard InChI is InChI=1S/C13H16F2O2/c1-8-4-5-11(10(3)9(8)2)6-7-13(14,15)12(16)17/h4-5H,6-7H2,1-3H3,(H,16,17). The number of aliphatic carboxylic acids is 1. The lowest BCUT2D eigenvalue weighted by molar-refractivity contribution is -0.165. The van der Waals surface area contributed by atoms with E-state index in [4.69, 9.17) is 5.11 Å². The molecule has 0 atom stereocenters. The summed E-state index contributed by atoms with van der Waals surface area (Å²) in [5, 5.41) is 8.34. The lowest BCUT2D eigenvalue weighted by atomic mass is 9.95. The average molecular weight is 242 g/mol. The van der Waals surface area contributed by atoms with Gasteiger partial charge in [-0.2, -0.15) is 8.78 Å². The van der Waals surface area contributed by atoms with Crippen molar-refractivity contribution >= 4 is 5.97 Å². The average Bonchev–Trinajstić information content (AvgIpc) is 2.25. The van der Waals surface area contributed by atoms with Gasteiger partial charge in [0, 0.05) is 6.42 Å². The van der Waals surface area contributed by atoms with Crippen LogP contribution < -0.4 is 0 Å². The summed E-state index contributed by atoms with van der Waals surface area (Å²) in [5.41, 5.74) is 3.93. The molecule has 0 fully saturated rings. The van der Waals surface area contributed by atoms with E-state index >= 15 is 0 Å². The second-order valence-electron chi connectivity index (χ2n) is 4.30. The van der Waals surface area contributed by atoms with Gasteiger partial charge in [0.1, 0.15) is 0 Å². The van der Waals surface area contributed by atoms with E-state index in [-0.39, 0.29) is 6.42 Å². The Morgan fingerprint density at radius 1 is 1.24 bits per heavy atom. The van der Waals surface area contributed by atoms with Crippen LogP contribution in [0.15, 0.2) is 12.1 Å². The predicted octanol–water partition coefficient (Wildman–Crippen LogP) is 3.26. The van der Waals surface area contributed by atoms with Gasteiger partial charge in [0.2, 0.25) is 0 Å². The molecule has 0 aliphatic rings. The highest BCUT2D eigenvalue weighted by Crippen LogP contribution is 2.24. The van der Waals surface area contributed by atoms with Crippen molar-refractivity contribution in [3.05, 3.63) is 34.4 Å². The van der Waals surface area contributed by atoms with Crippen molar-refractivity contribution in [2.24, 2.45) is 0 Å².